The lowest BCUT2D eigenvalue weighted by molar-refractivity contribution is -0.224. The smallest absolute Gasteiger partial charge is 0.400 e. The molecule has 1 aromatic rings. The Balaban J connectivity index is 1.24. The molecule has 0 aliphatic heterocycles. The Morgan fingerprint density at radius 2 is 1.43 bits per heavy atom. The molecule has 0 amide bonds. The summed E-state index contributed by atoms with van der Waals surface area (Å²) in [6.45, 7) is 5.91. The van der Waals surface area contributed by atoms with Crippen molar-refractivity contribution in [3.63, 3.8) is 0 Å². The molecule has 1 atom stereocenters. The molecule has 0 aromatic heterocycles. The molecule has 40 heavy (non-hydrogen) atoms. The minimum absolute atomic E-state index is 0.0493. The van der Waals surface area contributed by atoms with Gasteiger partial charge in [-0.3, -0.25) is 0 Å². The van der Waals surface area contributed by atoms with Gasteiger partial charge in [-0.1, -0.05) is 24.8 Å². The number of hydrogen-bond donors (Lipinski definition) is 0. The van der Waals surface area contributed by atoms with Crippen LogP contribution in [-0.2, 0) is 0 Å². The van der Waals surface area contributed by atoms with Crippen molar-refractivity contribution in [3.8, 4) is 23.3 Å². The first-order valence-electron chi connectivity index (χ1n) is 15.1. The zero-order chi connectivity index (χ0) is 28.7. The monoisotopic (exact) mass is 566 g/mol. The van der Waals surface area contributed by atoms with E-state index in [-0.39, 0.29) is 37.7 Å². The van der Waals surface area contributed by atoms with Crippen LogP contribution in [0, 0.1) is 59.0 Å². The fourth-order valence-corrected chi connectivity index (χ4v) is 6.41. The van der Waals surface area contributed by atoms with Crippen LogP contribution in [0.4, 0.5) is 22.0 Å². The summed E-state index contributed by atoms with van der Waals surface area (Å²) in [6, 6.07) is 2.01. The van der Waals surface area contributed by atoms with E-state index in [0.29, 0.717) is 24.7 Å². The van der Waals surface area contributed by atoms with E-state index in [0.717, 1.165) is 56.6 Å². The summed E-state index contributed by atoms with van der Waals surface area (Å²) in [6.07, 6.45) is 6.62. The summed E-state index contributed by atoms with van der Waals surface area (Å²) in [4.78, 5) is 0. The second-order valence-corrected chi connectivity index (χ2v) is 12.2. The molecule has 3 aliphatic rings. The van der Waals surface area contributed by atoms with Gasteiger partial charge in [0.1, 0.15) is 6.17 Å². The fraction of sp³-hybridized carbons (Fsp3) is 0.697. The van der Waals surface area contributed by atoms with Crippen LogP contribution in [0.3, 0.4) is 0 Å². The van der Waals surface area contributed by atoms with Crippen molar-refractivity contribution >= 4 is 0 Å². The van der Waals surface area contributed by atoms with Gasteiger partial charge in [0.25, 0.3) is 0 Å². The molecule has 0 N–H and O–H groups in total. The normalized spacial score (nSPS) is 30.1. The summed E-state index contributed by atoms with van der Waals surface area (Å²) in [7, 11) is 0. The van der Waals surface area contributed by atoms with Gasteiger partial charge in [0.15, 0.2) is 11.5 Å². The van der Waals surface area contributed by atoms with E-state index in [1.54, 1.807) is 0 Å². The first-order valence-corrected chi connectivity index (χ1v) is 15.1. The van der Waals surface area contributed by atoms with Gasteiger partial charge in [0.2, 0.25) is 11.6 Å². The fourth-order valence-electron chi connectivity index (χ4n) is 6.41. The van der Waals surface area contributed by atoms with Crippen LogP contribution < -0.4 is 9.47 Å². The molecule has 0 bridgehead atoms. The van der Waals surface area contributed by atoms with Crippen molar-refractivity contribution in [2.45, 2.75) is 103 Å². The van der Waals surface area contributed by atoms with E-state index in [2.05, 4.69) is 25.3 Å². The van der Waals surface area contributed by atoms with Crippen LogP contribution in [0.25, 0.3) is 0 Å². The lowest BCUT2D eigenvalue weighted by Gasteiger charge is -2.32. The zero-order valence-electron chi connectivity index (χ0n) is 23.6. The first-order chi connectivity index (χ1) is 19.2. The average molecular weight is 567 g/mol. The van der Waals surface area contributed by atoms with Gasteiger partial charge in [-0.25, -0.2) is 4.39 Å². The predicted octanol–water partition coefficient (Wildman–Crippen LogP) is 9.67. The highest BCUT2D eigenvalue weighted by Crippen LogP contribution is 2.41. The van der Waals surface area contributed by atoms with E-state index in [4.69, 9.17) is 9.47 Å². The second-order valence-electron chi connectivity index (χ2n) is 12.2. The molecule has 0 heterocycles. The molecule has 0 saturated heterocycles. The number of allylic oxidation sites excluding steroid dienone is 1. The molecule has 222 valence electrons. The van der Waals surface area contributed by atoms with E-state index in [1.165, 1.54) is 12.8 Å². The van der Waals surface area contributed by atoms with Crippen molar-refractivity contribution in [1.29, 1.82) is 0 Å². The molecule has 0 spiro atoms. The zero-order valence-corrected chi connectivity index (χ0v) is 23.6. The standard InChI is InChI=1S/C33H43F5O2/c1-3-23-10-14-26(15-11-23)28(34)20-21-39-29-18-19-30(32(36)31(29)35)40-33(37,38)27-16-12-25(13-17-27)9-8-24-6-4-22(2)5-7-24/h3,18-19,22-28H,1,4-7,10-17,20-21H2,2H3. The third-order valence-electron chi connectivity index (χ3n) is 9.28. The van der Waals surface area contributed by atoms with Gasteiger partial charge < -0.3 is 9.47 Å². The van der Waals surface area contributed by atoms with E-state index in [9.17, 15) is 22.0 Å². The van der Waals surface area contributed by atoms with Crippen molar-refractivity contribution < 1.29 is 31.4 Å². The molecule has 3 aliphatic carbocycles. The molecule has 3 saturated carbocycles. The summed E-state index contributed by atoms with van der Waals surface area (Å²) in [5, 5.41) is 0. The first kappa shape index (κ1) is 30.7. The molecule has 0 radical (unpaired) electrons. The highest BCUT2D eigenvalue weighted by molar-refractivity contribution is 5.35. The molecule has 7 heteroatoms. The number of hydrogen-bond acceptors (Lipinski definition) is 2. The minimum atomic E-state index is -3.64. The number of rotatable bonds is 9. The topological polar surface area (TPSA) is 18.5 Å². The number of benzene rings is 1. The van der Waals surface area contributed by atoms with Crippen molar-refractivity contribution in [1.82, 2.24) is 0 Å². The Hall–Kier alpha value is -2.23. The van der Waals surface area contributed by atoms with E-state index in [1.807, 2.05) is 6.08 Å². The minimum Gasteiger partial charge on any atom is -0.490 e. The van der Waals surface area contributed by atoms with Crippen LogP contribution >= 0.6 is 0 Å². The lowest BCUT2D eigenvalue weighted by atomic mass is 9.79. The molecule has 1 aromatic carbocycles. The maximum absolute atomic E-state index is 14.9. The summed E-state index contributed by atoms with van der Waals surface area (Å²) in [5.74, 6) is 2.94. The van der Waals surface area contributed by atoms with Gasteiger partial charge in [-0.05, 0) is 107 Å². The average Bonchev–Trinajstić information content (AvgIpc) is 2.96. The van der Waals surface area contributed by atoms with Crippen molar-refractivity contribution in [2.75, 3.05) is 6.61 Å². The van der Waals surface area contributed by atoms with Gasteiger partial charge in [0, 0.05) is 18.3 Å². The maximum atomic E-state index is 14.9. The maximum Gasteiger partial charge on any atom is 0.400 e. The highest BCUT2D eigenvalue weighted by Gasteiger charge is 2.44. The van der Waals surface area contributed by atoms with Gasteiger partial charge in [-0.2, -0.15) is 17.6 Å². The summed E-state index contributed by atoms with van der Waals surface area (Å²) >= 11 is 0. The number of alkyl halides is 3. The van der Waals surface area contributed by atoms with Gasteiger partial charge in [0.05, 0.1) is 12.5 Å². The SMILES string of the molecule is C=CC1CCC(C(F)CCOc2ccc(OC(F)(F)C3CCC(C#CC4CCC(C)CC4)CC3)c(F)c2F)CC1. The van der Waals surface area contributed by atoms with Gasteiger partial charge in [-0.15, -0.1) is 6.58 Å². The van der Waals surface area contributed by atoms with Crippen LogP contribution in [0.15, 0.2) is 24.8 Å². The Morgan fingerprint density at radius 3 is 2.02 bits per heavy atom. The van der Waals surface area contributed by atoms with Crippen molar-refractivity contribution in [3.05, 3.63) is 36.4 Å². The molecular weight excluding hydrogens is 523 g/mol. The van der Waals surface area contributed by atoms with Gasteiger partial charge >= 0.3 is 6.11 Å². The Bertz CT molecular complexity index is 1020. The van der Waals surface area contributed by atoms with Crippen LogP contribution in [0.2, 0.25) is 0 Å². The largest absolute Gasteiger partial charge is 0.490 e. The Labute approximate surface area is 236 Å². The number of halogens is 5. The third kappa shape index (κ3) is 8.17. The Morgan fingerprint density at radius 1 is 0.875 bits per heavy atom. The van der Waals surface area contributed by atoms with Crippen LogP contribution in [-0.4, -0.2) is 18.9 Å². The van der Waals surface area contributed by atoms with E-state index < -0.39 is 41.3 Å². The third-order valence-corrected chi connectivity index (χ3v) is 9.28. The molecule has 2 nitrogen and oxygen atoms in total. The van der Waals surface area contributed by atoms with E-state index >= 15 is 0 Å². The van der Waals surface area contributed by atoms with Crippen LogP contribution in [0.1, 0.15) is 90.4 Å². The molecule has 1 unspecified atom stereocenters. The van der Waals surface area contributed by atoms with Crippen molar-refractivity contribution in [2.24, 2.45) is 35.5 Å². The van der Waals surface area contributed by atoms with Crippen LogP contribution in [0.5, 0.6) is 11.5 Å². The highest BCUT2D eigenvalue weighted by atomic mass is 19.3. The Kier molecular flexibility index (Phi) is 10.8. The molecule has 3 fully saturated rings. The predicted molar refractivity (Wildman–Crippen MR) is 147 cm³/mol. The second kappa shape index (κ2) is 14.1. The quantitative estimate of drug-likeness (QED) is 0.168. The summed E-state index contributed by atoms with van der Waals surface area (Å²) < 4.78 is 83.8. The molecular formula is C33H43F5O2. The lowest BCUT2D eigenvalue weighted by Crippen LogP contribution is -2.37. The number of ether oxygens (including phenoxy) is 2. The summed E-state index contributed by atoms with van der Waals surface area (Å²) in [5.41, 5.74) is 0. The molecule has 4 rings (SSSR count).